The van der Waals surface area contributed by atoms with Gasteiger partial charge < -0.3 is 5.73 Å². The van der Waals surface area contributed by atoms with Gasteiger partial charge in [0.25, 0.3) is 0 Å². The van der Waals surface area contributed by atoms with Gasteiger partial charge in [-0.2, -0.15) is 0 Å². The van der Waals surface area contributed by atoms with Crippen LogP contribution in [0.1, 0.15) is 73.6 Å². The number of hydrogen-bond donors (Lipinski definition) is 1. The number of allylic oxidation sites excluding steroid dienone is 1. The van der Waals surface area contributed by atoms with Gasteiger partial charge in [0.2, 0.25) is 0 Å². The van der Waals surface area contributed by atoms with Crippen LogP contribution in [0.5, 0.6) is 0 Å². The third kappa shape index (κ3) is 4.37. The molecule has 0 saturated heterocycles. The molecule has 0 bridgehead atoms. The second kappa shape index (κ2) is 9.11. The van der Waals surface area contributed by atoms with E-state index < -0.39 is 0 Å². The molecule has 1 heteroatoms. The molecule has 6 unspecified atom stereocenters. The van der Waals surface area contributed by atoms with Gasteiger partial charge in [-0.05, 0) is 60.8 Å². The monoisotopic (exact) mass is 307 g/mol. The standard InChI is InChI=1S/C21H41N/c1-8-10-11-19(18(9-2)12-15(5)13-22)21-16(6)20(14(3)4)17(21)7/h14-15,17-21H,6,8-13,22H2,1-5,7H3. The smallest absolute Gasteiger partial charge is 0.00514 e. The van der Waals surface area contributed by atoms with E-state index in [1.54, 1.807) is 5.57 Å². The van der Waals surface area contributed by atoms with E-state index in [4.69, 9.17) is 5.73 Å². The first-order valence-electron chi connectivity index (χ1n) is 9.77. The highest BCUT2D eigenvalue weighted by Crippen LogP contribution is 2.55. The lowest BCUT2D eigenvalue weighted by Crippen LogP contribution is -2.46. The third-order valence-corrected chi connectivity index (χ3v) is 6.30. The molecule has 0 aliphatic heterocycles. The minimum absolute atomic E-state index is 0.652. The van der Waals surface area contributed by atoms with Crippen LogP contribution in [0, 0.1) is 41.4 Å². The molecule has 6 atom stereocenters. The Hall–Kier alpha value is -0.300. The third-order valence-electron chi connectivity index (χ3n) is 6.30. The van der Waals surface area contributed by atoms with Crippen LogP contribution in [-0.2, 0) is 0 Å². The van der Waals surface area contributed by atoms with Crippen LogP contribution < -0.4 is 5.73 Å². The van der Waals surface area contributed by atoms with Crippen LogP contribution in [-0.4, -0.2) is 6.54 Å². The lowest BCUT2D eigenvalue weighted by Gasteiger charge is -2.53. The van der Waals surface area contributed by atoms with E-state index in [9.17, 15) is 0 Å². The van der Waals surface area contributed by atoms with Crippen molar-refractivity contribution in [3.05, 3.63) is 12.2 Å². The molecule has 0 aromatic heterocycles. The predicted octanol–water partition coefficient (Wildman–Crippen LogP) is 5.90. The Morgan fingerprint density at radius 2 is 1.77 bits per heavy atom. The Morgan fingerprint density at radius 3 is 2.18 bits per heavy atom. The largest absolute Gasteiger partial charge is 0.330 e. The predicted molar refractivity (Wildman–Crippen MR) is 99.8 cm³/mol. The van der Waals surface area contributed by atoms with Crippen molar-refractivity contribution in [1.82, 2.24) is 0 Å². The first-order valence-corrected chi connectivity index (χ1v) is 9.77. The molecule has 1 nitrogen and oxygen atoms in total. The molecule has 1 fully saturated rings. The summed E-state index contributed by atoms with van der Waals surface area (Å²) in [5.41, 5.74) is 7.45. The molecule has 1 aliphatic rings. The summed E-state index contributed by atoms with van der Waals surface area (Å²) in [6, 6.07) is 0. The van der Waals surface area contributed by atoms with Crippen LogP contribution in [0.15, 0.2) is 12.2 Å². The molecule has 22 heavy (non-hydrogen) atoms. The highest BCUT2D eigenvalue weighted by Gasteiger charge is 2.47. The Kier molecular flexibility index (Phi) is 8.17. The van der Waals surface area contributed by atoms with Gasteiger partial charge in [0.1, 0.15) is 0 Å². The molecule has 0 radical (unpaired) electrons. The molecule has 0 aromatic rings. The van der Waals surface area contributed by atoms with E-state index in [2.05, 4.69) is 48.1 Å². The fraction of sp³-hybridized carbons (Fsp3) is 0.905. The van der Waals surface area contributed by atoms with Gasteiger partial charge in [-0.25, -0.2) is 0 Å². The van der Waals surface area contributed by atoms with Gasteiger partial charge in [-0.3, -0.25) is 0 Å². The fourth-order valence-electron chi connectivity index (χ4n) is 5.11. The SMILES string of the molecule is C=C1C(C(C)C)C(C)C1C(CCCC)C(CC)CC(C)CN. The molecule has 0 spiro atoms. The summed E-state index contributed by atoms with van der Waals surface area (Å²) in [6.45, 7) is 19.5. The Balaban J connectivity index is 2.85. The average Bonchev–Trinajstić information content (AvgIpc) is 2.48. The van der Waals surface area contributed by atoms with Crippen molar-refractivity contribution in [2.75, 3.05) is 6.54 Å². The topological polar surface area (TPSA) is 26.0 Å². The minimum Gasteiger partial charge on any atom is -0.330 e. The summed E-state index contributed by atoms with van der Waals surface area (Å²) >= 11 is 0. The maximum Gasteiger partial charge on any atom is -0.00514 e. The molecule has 2 N–H and O–H groups in total. The van der Waals surface area contributed by atoms with Gasteiger partial charge in [0, 0.05) is 0 Å². The molecule has 130 valence electrons. The summed E-state index contributed by atoms with van der Waals surface area (Å²) in [5, 5.41) is 0. The van der Waals surface area contributed by atoms with Gasteiger partial charge in [-0.15, -0.1) is 0 Å². The highest BCUT2D eigenvalue weighted by atomic mass is 14.6. The first kappa shape index (κ1) is 19.7. The first-order chi connectivity index (χ1) is 10.4. The normalized spacial score (nSPS) is 29.3. The van der Waals surface area contributed by atoms with Crippen molar-refractivity contribution in [3.63, 3.8) is 0 Å². The van der Waals surface area contributed by atoms with Crippen LogP contribution in [0.4, 0.5) is 0 Å². The minimum atomic E-state index is 0.652. The zero-order valence-electron chi connectivity index (χ0n) is 16.1. The van der Waals surface area contributed by atoms with Crippen molar-refractivity contribution >= 4 is 0 Å². The van der Waals surface area contributed by atoms with Crippen molar-refractivity contribution in [2.45, 2.75) is 73.6 Å². The zero-order valence-corrected chi connectivity index (χ0v) is 16.1. The molecule has 0 aromatic carbocycles. The van der Waals surface area contributed by atoms with Gasteiger partial charge in [-0.1, -0.05) is 73.0 Å². The van der Waals surface area contributed by atoms with E-state index in [0.717, 1.165) is 42.1 Å². The van der Waals surface area contributed by atoms with E-state index in [-0.39, 0.29) is 0 Å². The summed E-state index contributed by atoms with van der Waals surface area (Å²) in [5.74, 6) is 5.37. The van der Waals surface area contributed by atoms with Gasteiger partial charge in [0.05, 0.1) is 0 Å². The second-order valence-corrected chi connectivity index (χ2v) is 8.28. The van der Waals surface area contributed by atoms with Crippen LogP contribution in [0.2, 0.25) is 0 Å². The Morgan fingerprint density at radius 1 is 1.14 bits per heavy atom. The highest BCUT2D eigenvalue weighted by molar-refractivity contribution is 5.22. The van der Waals surface area contributed by atoms with E-state index >= 15 is 0 Å². The summed E-state index contributed by atoms with van der Waals surface area (Å²) in [6.07, 6.45) is 6.64. The van der Waals surface area contributed by atoms with Gasteiger partial charge >= 0.3 is 0 Å². The molecule has 1 rings (SSSR count). The van der Waals surface area contributed by atoms with Crippen LogP contribution in [0.25, 0.3) is 0 Å². The zero-order chi connectivity index (χ0) is 16.9. The van der Waals surface area contributed by atoms with E-state index in [1.807, 2.05) is 0 Å². The molecule has 1 aliphatic carbocycles. The lowest BCUT2D eigenvalue weighted by atomic mass is 9.51. The van der Waals surface area contributed by atoms with Gasteiger partial charge in [0.15, 0.2) is 0 Å². The molecular weight excluding hydrogens is 266 g/mol. The van der Waals surface area contributed by atoms with Crippen molar-refractivity contribution in [1.29, 1.82) is 0 Å². The summed E-state index contributed by atoms with van der Waals surface area (Å²) in [4.78, 5) is 0. The second-order valence-electron chi connectivity index (χ2n) is 8.28. The maximum atomic E-state index is 5.90. The fourth-order valence-corrected chi connectivity index (χ4v) is 5.11. The average molecular weight is 308 g/mol. The van der Waals surface area contributed by atoms with Crippen molar-refractivity contribution in [2.24, 2.45) is 47.2 Å². The van der Waals surface area contributed by atoms with E-state index in [1.165, 1.54) is 32.1 Å². The maximum absolute atomic E-state index is 5.90. The number of unbranched alkanes of at least 4 members (excludes halogenated alkanes) is 1. The van der Waals surface area contributed by atoms with Crippen LogP contribution >= 0.6 is 0 Å². The summed E-state index contributed by atoms with van der Waals surface area (Å²) in [7, 11) is 0. The van der Waals surface area contributed by atoms with E-state index in [0.29, 0.717) is 5.92 Å². The van der Waals surface area contributed by atoms with Crippen molar-refractivity contribution in [3.8, 4) is 0 Å². The number of hydrogen-bond acceptors (Lipinski definition) is 1. The molecule has 0 amide bonds. The molecule has 1 saturated carbocycles. The van der Waals surface area contributed by atoms with Crippen LogP contribution in [0.3, 0.4) is 0 Å². The lowest BCUT2D eigenvalue weighted by molar-refractivity contribution is 0.0493. The number of nitrogens with two attached hydrogens (primary N) is 1. The quantitative estimate of drug-likeness (QED) is 0.500. The Bertz CT molecular complexity index is 333. The Labute approximate surface area is 140 Å². The van der Waals surface area contributed by atoms with Crippen molar-refractivity contribution < 1.29 is 0 Å². The molecular formula is C21H41N. The molecule has 0 heterocycles. The number of rotatable bonds is 10. The summed E-state index contributed by atoms with van der Waals surface area (Å²) < 4.78 is 0.